The maximum absolute atomic E-state index is 12.8. The molecule has 1 aliphatic carbocycles. The van der Waals surface area contributed by atoms with Gasteiger partial charge < -0.3 is 10.6 Å². The lowest BCUT2D eigenvalue weighted by Gasteiger charge is -2.29. The van der Waals surface area contributed by atoms with E-state index in [2.05, 4.69) is 17.6 Å². The Morgan fingerprint density at radius 2 is 1.79 bits per heavy atom. The quantitative estimate of drug-likeness (QED) is 0.651. The minimum absolute atomic E-state index is 0.0894. The van der Waals surface area contributed by atoms with Gasteiger partial charge in [0.2, 0.25) is 5.91 Å². The normalized spacial score (nSPS) is 19.1. The smallest absolute Gasteiger partial charge is 0.251 e. The second kappa shape index (κ2) is 9.48. The number of amides is 2. The first kappa shape index (κ1) is 20.7. The minimum atomic E-state index is -0.170. The summed E-state index contributed by atoms with van der Waals surface area (Å²) in [6.07, 6.45) is 4.56. The molecule has 0 spiro atoms. The Balaban J connectivity index is 1.79. The van der Waals surface area contributed by atoms with Crippen LogP contribution in [0.5, 0.6) is 0 Å². The first-order valence-electron chi connectivity index (χ1n) is 9.58. The molecular formula is C22H25ClN2O2S. The number of carbonyl (C=O) groups excluding carboxylic acids is 2. The van der Waals surface area contributed by atoms with Crippen molar-refractivity contribution in [1.82, 2.24) is 5.32 Å². The molecule has 3 rings (SSSR count). The predicted molar refractivity (Wildman–Crippen MR) is 115 cm³/mol. The highest BCUT2D eigenvalue weighted by atomic mass is 35.5. The zero-order valence-corrected chi connectivity index (χ0v) is 17.7. The SMILES string of the molecule is CC(=O)Nc1cc(C(=O)N[C@@H]2CCCC[C@H]2C)ccc1Sc1ccc(Cl)cc1. The first-order chi connectivity index (χ1) is 13.4. The number of benzene rings is 2. The maximum Gasteiger partial charge on any atom is 0.251 e. The highest BCUT2D eigenvalue weighted by molar-refractivity contribution is 7.99. The van der Waals surface area contributed by atoms with Crippen molar-refractivity contribution in [3.05, 3.63) is 53.1 Å². The molecule has 0 bridgehead atoms. The third kappa shape index (κ3) is 5.52. The average Bonchev–Trinajstić information content (AvgIpc) is 2.66. The van der Waals surface area contributed by atoms with Crippen molar-refractivity contribution in [2.75, 3.05) is 5.32 Å². The maximum atomic E-state index is 12.8. The van der Waals surface area contributed by atoms with Crippen molar-refractivity contribution in [2.24, 2.45) is 5.92 Å². The van der Waals surface area contributed by atoms with Crippen LogP contribution in [-0.4, -0.2) is 17.9 Å². The molecule has 2 atom stereocenters. The summed E-state index contributed by atoms with van der Waals surface area (Å²) in [6.45, 7) is 3.66. The highest BCUT2D eigenvalue weighted by Crippen LogP contribution is 2.35. The van der Waals surface area contributed by atoms with Gasteiger partial charge in [0.05, 0.1) is 5.69 Å². The summed E-state index contributed by atoms with van der Waals surface area (Å²) in [5.41, 5.74) is 1.19. The first-order valence-corrected chi connectivity index (χ1v) is 10.8. The predicted octanol–water partition coefficient (Wildman–Crippen LogP) is 5.76. The zero-order valence-electron chi connectivity index (χ0n) is 16.1. The van der Waals surface area contributed by atoms with Crippen LogP contribution in [0.15, 0.2) is 52.3 Å². The van der Waals surface area contributed by atoms with Crippen molar-refractivity contribution >= 4 is 40.9 Å². The molecule has 1 fully saturated rings. The molecule has 2 N–H and O–H groups in total. The zero-order chi connectivity index (χ0) is 20.1. The lowest BCUT2D eigenvalue weighted by molar-refractivity contribution is -0.114. The van der Waals surface area contributed by atoms with Crippen LogP contribution in [0.1, 0.15) is 49.9 Å². The summed E-state index contributed by atoms with van der Waals surface area (Å²) in [4.78, 5) is 26.3. The number of hydrogen-bond acceptors (Lipinski definition) is 3. The fourth-order valence-corrected chi connectivity index (χ4v) is 4.47. The molecule has 0 unspecified atom stereocenters. The van der Waals surface area contributed by atoms with Crippen molar-refractivity contribution < 1.29 is 9.59 Å². The second-order valence-electron chi connectivity index (χ2n) is 7.29. The molecule has 0 saturated heterocycles. The monoisotopic (exact) mass is 416 g/mol. The molecule has 6 heteroatoms. The Bertz CT molecular complexity index is 854. The molecule has 2 aromatic rings. The van der Waals surface area contributed by atoms with E-state index in [1.807, 2.05) is 36.4 Å². The largest absolute Gasteiger partial charge is 0.349 e. The van der Waals surface area contributed by atoms with Crippen LogP contribution in [0.4, 0.5) is 5.69 Å². The summed E-state index contributed by atoms with van der Waals surface area (Å²) < 4.78 is 0. The second-order valence-corrected chi connectivity index (χ2v) is 8.84. The Morgan fingerprint density at radius 3 is 2.46 bits per heavy atom. The van der Waals surface area contributed by atoms with Gasteiger partial charge in [-0.25, -0.2) is 0 Å². The van der Waals surface area contributed by atoms with E-state index >= 15 is 0 Å². The standard InChI is InChI=1S/C22H25ClN2O2S/c1-14-5-3-4-6-19(14)25-22(27)16-7-12-21(20(13-16)24-15(2)26)28-18-10-8-17(23)9-11-18/h7-14,19H,3-6H2,1-2H3,(H,24,26)(H,25,27)/t14-,19-/m1/s1. The van der Waals surface area contributed by atoms with E-state index in [4.69, 9.17) is 11.6 Å². The molecule has 4 nitrogen and oxygen atoms in total. The topological polar surface area (TPSA) is 58.2 Å². The van der Waals surface area contributed by atoms with Crippen LogP contribution < -0.4 is 10.6 Å². The van der Waals surface area contributed by atoms with E-state index in [1.165, 1.54) is 25.1 Å². The van der Waals surface area contributed by atoms with Gasteiger partial charge in [-0.15, -0.1) is 0 Å². The molecule has 0 radical (unpaired) electrons. The van der Waals surface area contributed by atoms with Gasteiger partial charge in [-0.2, -0.15) is 0 Å². The molecule has 0 aromatic heterocycles. The summed E-state index contributed by atoms with van der Waals surface area (Å²) in [5.74, 6) is 0.233. The molecule has 1 saturated carbocycles. The molecule has 28 heavy (non-hydrogen) atoms. The molecular weight excluding hydrogens is 392 g/mol. The van der Waals surface area contributed by atoms with Gasteiger partial charge >= 0.3 is 0 Å². The van der Waals surface area contributed by atoms with Crippen LogP contribution in [0.3, 0.4) is 0 Å². The fraction of sp³-hybridized carbons (Fsp3) is 0.364. The number of nitrogens with one attached hydrogen (secondary N) is 2. The number of carbonyl (C=O) groups is 2. The molecule has 2 aromatic carbocycles. The van der Waals surface area contributed by atoms with Gasteiger partial charge in [0.15, 0.2) is 0 Å². The van der Waals surface area contributed by atoms with E-state index < -0.39 is 0 Å². The van der Waals surface area contributed by atoms with Crippen LogP contribution in [0.25, 0.3) is 0 Å². The third-order valence-electron chi connectivity index (χ3n) is 5.02. The van der Waals surface area contributed by atoms with Gasteiger partial charge in [0, 0.05) is 33.3 Å². The Kier molecular flexibility index (Phi) is 7.03. The summed E-state index contributed by atoms with van der Waals surface area (Å²) in [5, 5.41) is 6.69. The van der Waals surface area contributed by atoms with Crippen LogP contribution in [0.2, 0.25) is 5.02 Å². The lowest BCUT2D eigenvalue weighted by atomic mass is 9.86. The molecule has 2 amide bonds. The molecule has 148 valence electrons. The Morgan fingerprint density at radius 1 is 1.07 bits per heavy atom. The van der Waals surface area contributed by atoms with E-state index in [9.17, 15) is 9.59 Å². The van der Waals surface area contributed by atoms with E-state index in [0.29, 0.717) is 22.2 Å². The Hall–Kier alpha value is -1.98. The molecule has 1 aliphatic rings. The highest BCUT2D eigenvalue weighted by Gasteiger charge is 2.23. The van der Waals surface area contributed by atoms with E-state index in [0.717, 1.165) is 29.1 Å². The average molecular weight is 417 g/mol. The van der Waals surface area contributed by atoms with Crippen LogP contribution >= 0.6 is 23.4 Å². The third-order valence-corrected chi connectivity index (χ3v) is 6.36. The number of rotatable bonds is 5. The van der Waals surface area contributed by atoms with Crippen molar-refractivity contribution in [1.29, 1.82) is 0 Å². The van der Waals surface area contributed by atoms with Gasteiger partial charge in [-0.3, -0.25) is 9.59 Å². The van der Waals surface area contributed by atoms with Gasteiger partial charge in [-0.1, -0.05) is 43.1 Å². The fourth-order valence-electron chi connectivity index (χ4n) is 3.46. The van der Waals surface area contributed by atoms with Gasteiger partial charge in [0.1, 0.15) is 0 Å². The van der Waals surface area contributed by atoms with E-state index in [1.54, 1.807) is 6.07 Å². The summed E-state index contributed by atoms with van der Waals surface area (Å²) >= 11 is 7.47. The van der Waals surface area contributed by atoms with Crippen LogP contribution in [0, 0.1) is 5.92 Å². The van der Waals surface area contributed by atoms with Gasteiger partial charge in [0.25, 0.3) is 5.91 Å². The van der Waals surface area contributed by atoms with Crippen molar-refractivity contribution in [3.8, 4) is 0 Å². The van der Waals surface area contributed by atoms with E-state index in [-0.39, 0.29) is 17.9 Å². The number of hydrogen-bond donors (Lipinski definition) is 2. The van der Waals surface area contributed by atoms with Gasteiger partial charge in [-0.05, 0) is 61.2 Å². The van der Waals surface area contributed by atoms with Crippen molar-refractivity contribution in [3.63, 3.8) is 0 Å². The minimum Gasteiger partial charge on any atom is -0.349 e. The molecule has 0 aliphatic heterocycles. The number of anilines is 1. The lowest BCUT2D eigenvalue weighted by Crippen LogP contribution is -2.41. The Labute approximate surface area is 175 Å². The summed E-state index contributed by atoms with van der Waals surface area (Å²) in [7, 11) is 0. The summed E-state index contributed by atoms with van der Waals surface area (Å²) in [6, 6.07) is 13.2. The number of halogens is 1. The molecule has 0 heterocycles. The van der Waals surface area contributed by atoms with Crippen LogP contribution in [-0.2, 0) is 4.79 Å². The van der Waals surface area contributed by atoms with Crippen molar-refractivity contribution in [2.45, 2.75) is 55.4 Å².